The van der Waals surface area contributed by atoms with Crippen molar-refractivity contribution in [2.24, 2.45) is 10.8 Å². The van der Waals surface area contributed by atoms with Crippen molar-refractivity contribution in [3.8, 4) is 5.75 Å². The predicted octanol–water partition coefficient (Wildman–Crippen LogP) is 4.07. The first-order valence-corrected chi connectivity index (χ1v) is 7.99. The minimum atomic E-state index is -0.722. The fraction of sp³-hybridized carbons (Fsp3) is 0.0526. The molecule has 3 aromatic carbocycles. The molecule has 5 nitrogen and oxygen atoms in total. The molecule has 0 radical (unpaired) electrons. The standard InChI is InChI=1S/C19H16ClN3O2/c20-15-8-5-13(6-9-15)12-25-18-10-7-14-3-1-2-4-16(14)17(18)11-22-23-19(21)24/h1-11H,12H2,(H3,21,23,24)/b22-11-. The van der Waals surface area contributed by atoms with Gasteiger partial charge in [0.05, 0.1) is 6.21 Å². The van der Waals surface area contributed by atoms with Crippen LogP contribution in [0.25, 0.3) is 10.8 Å². The van der Waals surface area contributed by atoms with Crippen LogP contribution in [-0.4, -0.2) is 12.2 Å². The molecule has 0 aliphatic carbocycles. The predicted molar refractivity (Wildman–Crippen MR) is 100 cm³/mol. The number of carbonyl (C=O) groups is 1. The average molecular weight is 354 g/mol. The maximum atomic E-state index is 10.8. The lowest BCUT2D eigenvalue weighted by Gasteiger charge is -2.12. The second-order valence-electron chi connectivity index (χ2n) is 5.35. The molecular formula is C19H16ClN3O2. The first kappa shape index (κ1) is 16.8. The van der Waals surface area contributed by atoms with E-state index in [1.54, 1.807) is 0 Å². The van der Waals surface area contributed by atoms with Crippen molar-refractivity contribution in [2.45, 2.75) is 6.61 Å². The first-order valence-electron chi connectivity index (χ1n) is 7.61. The third-order valence-corrected chi connectivity index (χ3v) is 3.86. The molecule has 126 valence electrons. The highest BCUT2D eigenvalue weighted by molar-refractivity contribution is 6.30. The highest BCUT2D eigenvalue weighted by Crippen LogP contribution is 2.27. The second-order valence-corrected chi connectivity index (χ2v) is 5.78. The summed E-state index contributed by atoms with van der Waals surface area (Å²) < 4.78 is 5.95. The van der Waals surface area contributed by atoms with Crippen LogP contribution in [0.1, 0.15) is 11.1 Å². The molecule has 0 atom stereocenters. The quantitative estimate of drug-likeness (QED) is 0.535. The monoisotopic (exact) mass is 353 g/mol. The Bertz CT molecular complexity index is 924. The summed E-state index contributed by atoms with van der Waals surface area (Å²) in [5.74, 6) is 0.656. The Morgan fingerprint density at radius 3 is 2.64 bits per heavy atom. The summed E-state index contributed by atoms with van der Waals surface area (Å²) in [5.41, 5.74) is 9.01. The Labute approximate surface area is 150 Å². The van der Waals surface area contributed by atoms with Gasteiger partial charge in [-0.2, -0.15) is 5.10 Å². The van der Waals surface area contributed by atoms with Gasteiger partial charge in [-0.25, -0.2) is 10.2 Å². The van der Waals surface area contributed by atoms with E-state index in [0.717, 1.165) is 21.9 Å². The molecule has 0 saturated carbocycles. The van der Waals surface area contributed by atoms with Crippen molar-refractivity contribution in [3.05, 3.63) is 76.8 Å². The maximum Gasteiger partial charge on any atom is 0.332 e. The molecule has 2 amide bonds. The number of benzene rings is 3. The summed E-state index contributed by atoms with van der Waals surface area (Å²) in [6.07, 6.45) is 1.53. The fourth-order valence-electron chi connectivity index (χ4n) is 2.44. The van der Waals surface area contributed by atoms with E-state index in [2.05, 4.69) is 10.5 Å². The number of nitrogens with two attached hydrogens (primary N) is 1. The van der Waals surface area contributed by atoms with Gasteiger partial charge < -0.3 is 10.5 Å². The molecule has 3 N–H and O–H groups in total. The lowest BCUT2D eigenvalue weighted by molar-refractivity contribution is 0.249. The van der Waals surface area contributed by atoms with Crippen LogP contribution < -0.4 is 15.9 Å². The summed E-state index contributed by atoms with van der Waals surface area (Å²) in [6.45, 7) is 0.388. The lowest BCUT2D eigenvalue weighted by Crippen LogP contribution is -2.24. The third-order valence-electron chi connectivity index (χ3n) is 3.61. The van der Waals surface area contributed by atoms with Crippen LogP contribution in [0, 0.1) is 0 Å². The zero-order chi connectivity index (χ0) is 17.6. The van der Waals surface area contributed by atoms with E-state index in [4.69, 9.17) is 22.1 Å². The summed E-state index contributed by atoms with van der Waals surface area (Å²) in [4.78, 5) is 10.8. The number of urea groups is 1. The van der Waals surface area contributed by atoms with Crippen molar-refractivity contribution >= 4 is 34.6 Å². The number of nitrogens with one attached hydrogen (secondary N) is 1. The van der Waals surface area contributed by atoms with Gasteiger partial charge in [-0.1, -0.05) is 54.1 Å². The number of hydrazone groups is 1. The minimum Gasteiger partial charge on any atom is -0.488 e. The van der Waals surface area contributed by atoms with Crippen LogP contribution in [0.5, 0.6) is 5.75 Å². The maximum absolute atomic E-state index is 10.8. The van der Waals surface area contributed by atoms with Gasteiger partial charge in [-0.05, 0) is 34.5 Å². The number of hydrogen-bond donors (Lipinski definition) is 2. The van der Waals surface area contributed by atoms with Gasteiger partial charge in [0.1, 0.15) is 12.4 Å². The molecule has 0 fully saturated rings. The third kappa shape index (κ3) is 4.28. The SMILES string of the molecule is NC(=O)N/N=C\c1c(OCc2ccc(Cl)cc2)ccc2ccccc12. The fourth-order valence-corrected chi connectivity index (χ4v) is 2.56. The van der Waals surface area contributed by atoms with Crippen LogP contribution in [0.3, 0.4) is 0 Å². The van der Waals surface area contributed by atoms with Gasteiger partial charge >= 0.3 is 6.03 Å². The summed E-state index contributed by atoms with van der Waals surface area (Å²) in [7, 11) is 0. The van der Waals surface area contributed by atoms with Gasteiger partial charge in [0.25, 0.3) is 0 Å². The number of carbonyl (C=O) groups excluding carboxylic acids is 1. The Morgan fingerprint density at radius 2 is 1.88 bits per heavy atom. The Hall–Kier alpha value is -3.05. The normalized spacial score (nSPS) is 10.9. The molecule has 25 heavy (non-hydrogen) atoms. The lowest BCUT2D eigenvalue weighted by atomic mass is 10.0. The molecule has 0 heterocycles. The second kappa shape index (κ2) is 7.68. The van der Waals surface area contributed by atoms with E-state index in [-0.39, 0.29) is 0 Å². The van der Waals surface area contributed by atoms with Gasteiger partial charge in [-0.3, -0.25) is 0 Å². The molecule has 3 rings (SSSR count). The Kier molecular flexibility index (Phi) is 5.16. The number of hydrogen-bond acceptors (Lipinski definition) is 3. The largest absolute Gasteiger partial charge is 0.488 e. The zero-order valence-electron chi connectivity index (χ0n) is 13.3. The van der Waals surface area contributed by atoms with Gasteiger partial charge in [-0.15, -0.1) is 0 Å². The molecule has 0 aromatic heterocycles. The number of nitrogens with zero attached hydrogens (tertiary/aromatic N) is 1. The number of ether oxygens (including phenoxy) is 1. The van der Waals surface area contributed by atoms with Crippen molar-refractivity contribution in [3.63, 3.8) is 0 Å². The van der Waals surface area contributed by atoms with E-state index in [9.17, 15) is 4.79 Å². The number of halogens is 1. The highest BCUT2D eigenvalue weighted by atomic mass is 35.5. The van der Waals surface area contributed by atoms with Gasteiger partial charge in [0.2, 0.25) is 0 Å². The van der Waals surface area contributed by atoms with E-state index >= 15 is 0 Å². The Morgan fingerprint density at radius 1 is 1.12 bits per heavy atom. The number of primary amides is 1. The number of amides is 2. The molecule has 0 spiro atoms. The molecule has 0 saturated heterocycles. The number of rotatable bonds is 5. The molecule has 0 unspecified atom stereocenters. The summed E-state index contributed by atoms with van der Waals surface area (Å²) >= 11 is 5.90. The number of fused-ring (bicyclic) bond motifs is 1. The average Bonchev–Trinajstić information content (AvgIpc) is 2.62. The zero-order valence-corrected chi connectivity index (χ0v) is 14.0. The smallest absolute Gasteiger partial charge is 0.332 e. The van der Waals surface area contributed by atoms with E-state index < -0.39 is 6.03 Å². The topological polar surface area (TPSA) is 76.7 Å². The van der Waals surface area contributed by atoms with Gasteiger partial charge in [0.15, 0.2) is 0 Å². The first-order chi connectivity index (χ1) is 12.1. The Balaban J connectivity index is 1.91. The minimum absolute atomic E-state index is 0.388. The summed E-state index contributed by atoms with van der Waals surface area (Å²) in [5, 5.41) is 6.56. The van der Waals surface area contributed by atoms with Crippen molar-refractivity contribution in [2.75, 3.05) is 0 Å². The van der Waals surface area contributed by atoms with E-state index in [0.29, 0.717) is 17.4 Å². The van der Waals surface area contributed by atoms with E-state index in [1.807, 2.05) is 60.7 Å². The van der Waals surface area contributed by atoms with Crippen molar-refractivity contribution in [1.29, 1.82) is 0 Å². The van der Waals surface area contributed by atoms with Crippen LogP contribution in [0.4, 0.5) is 4.79 Å². The van der Waals surface area contributed by atoms with Crippen molar-refractivity contribution < 1.29 is 9.53 Å². The van der Waals surface area contributed by atoms with Gasteiger partial charge in [0, 0.05) is 10.6 Å². The van der Waals surface area contributed by atoms with Crippen LogP contribution in [0.15, 0.2) is 65.8 Å². The van der Waals surface area contributed by atoms with Crippen LogP contribution >= 0.6 is 11.6 Å². The molecular weight excluding hydrogens is 338 g/mol. The highest BCUT2D eigenvalue weighted by Gasteiger charge is 2.08. The molecule has 0 aliphatic rings. The van der Waals surface area contributed by atoms with Crippen LogP contribution in [0.2, 0.25) is 5.02 Å². The molecule has 3 aromatic rings. The molecule has 6 heteroatoms. The van der Waals surface area contributed by atoms with E-state index in [1.165, 1.54) is 6.21 Å². The molecule has 0 aliphatic heterocycles. The molecule has 0 bridgehead atoms. The van der Waals surface area contributed by atoms with Crippen molar-refractivity contribution in [1.82, 2.24) is 5.43 Å². The summed E-state index contributed by atoms with van der Waals surface area (Å²) in [6, 6.07) is 18.4. The van der Waals surface area contributed by atoms with Crippen LogP contribution in [-0.2, 0) is 6.61 Å².